The van der Waals surface area contributed by atoms with E-state index in [4.69, 9.17) is 11.6 Å². The second-order valence-electron chi connectivity index (χ2n) is 4.70. The Bertz CT molecular complexity index is 672. The van der Waals surface area contributed by atoms with Crippen molar-refractivity contribution in [2.24, 2.45) is 0 Å². The van der Waals surface area contributed by atoms with E-state index in [1.54, 1.807) is 18.7 Å². The molecule has 1 heterocycles. The average molecular weight is 317 g/mol. The number of benzene rings is 1. The summed E-state index contributed by atoms with van der Waals surface area (Å²) in [6, 6.07) is 1.74. The first-order valence-corrected chi connectivity index (χ1v) is 6.82. The molecule has 114 valence electrons. The molecule has 0 radical (unpaired) electrons. The van der Waals surface area contributed by atoms with Crippen LogP contribution in [0, 0.1) is 11.6 Å². The normalized spacial score (nSPS) is 10.9. The fourth-order valence-corrected chi connectivity index (χ4v) is 2.19. The number of rotatable bonds is 4. The van der Waals surface area contributed by atoms with Crippen LogP contribution in [0.1, 0.15) is 5.82 Å². The minimum Gasteiger partial charge on any atom is -0.336 e. The Balaban J connectivity index is 2.27. The summed E-state index contributed by atoms with van der Waals surface area (Å²) in [5.41, 5.74) is 0.397. The predicted molar refractivity (Wildman–Crippen MR) is 76.3 cm³/mol. The molecule has 0 aliphatic rings. The third-order valence-electron chi connectivity index (χ3n) is 2.99. The van der Waals surface area contributed by atoms with E-state index in [-0.39, 0.29) is 17.4 Å². The van der Waals surface area contributed by atoms with E-state index < -0.39 is 11.6 Å². The summed E-state index contributed by atoms with van der Waals surface area (Å²) in [5, 5.41) is 2.67. The van der Waals surface area contributed by atoms with Crippen molar-refractivity contribution in [3.05, 3.63) is 29.6 Å². The highest BCUT2D eigenvalue weighted by molar-refractivity contribution is 6.16. The summed E-state index contributed by atoms with van der Waals surface area (Å²) < 4.78 is 28.7. The molecule has 0 saturated heterocycles. The molecule has 2 rings (SSSR count). The maximum Gasteiger partial charge on any atom is 0.316 e. The molecule has 0 spiro atoms. The zero-order valence-corrected chi connectivity index (χ0v) is 12.4. The topological polar surface area (TPSA) is 50.2 Å². The van der Waals surface area contributed by atoms with Crippen molar-refractivity contribution < 1.29 is 13.6 Å². The van der Waals surface area contributed by atoms with Crippen molar-refractivity contribution in [1.29, 1.82) is 0 Å². The zero-order valence-electron chi connectivity index (χ0n) is 11.7. The minimum absolute atomic E-state index is 0.0668. The molecule has 0 saturated carbocycles. The van der Waals surface area contributed by atoms with Crippen LogP contribution in [0.15, 0.2) is 12.1 Å². The molecule has 0 unspecified atom stereocenters. The van der Waals surface area contributed by atoms with Gasteiger partial charge in [-0.2, -0.15) is 0 Å². The first-order valence-electron chi connectivity index (χ1n) is 6.29. The summed E-state index contributed by atoms with van der Waals surface area (Å²) in [4.78, 5) is 16.9. The van der Waals surface area contributed by atoms with Crippen LogP contribution in [0.4, 0.5) is 13.6 Å². The Hall–Kier alpha value is -1.89. The molecule has 1 aromatic carbocycles. The molecule has 0 bridgehead atoms. The lowest BCUT2D eigenvalue weighted by Gasteiger charge is -2.13. The lowest BCUT2D eigenvalue weighted by Crippen LogP contribution is -2.36. The number of nitrogens with one attached hydrogen (secondary N) is 1. The highest BCUT2D eigenvalue weighted by Crippen LogP contribution is 2.21. The molecule has 8 heteroatoms. The molecule has 1 N–H and O–H groups in total. The molecule has 5 nitrogen and oxygen atoms in total. The van der Waals surface area contributed by atoms with Crippen LogP contribution in [0.3, 0.4) is 0 Å². The van der Waals surface area contributed by atoms with Crippen molar-refractivity contribution in [3.8, 4) is 0 Å². The van der Waals surface area contributed by atoms with Gasteiger partial charge in [-0.25, -0.2) is 18.6 Å². The monoisotopic (exact) mass is 316 g/mol. The van der Waals surface area contributed by atoms with Gasteiger partial charge in [-0.1, -0.05) is 0 Å². The maximum atomic E-state index is 13.7. The fraction of sp³-hybridized carbons (Fsp3) is 0.385. The highest BCUT2D eigenvalue weighted by Gasteiger charge is 2.15. The van der Waals surface area contributed by atoms with Crippen LogP contribution in [0.2, 0.25) is 0 Å². The Kier molecular flexibility index (Phi) is 4.62. The third kappa shape index (κ3) is 3.24. The van der Waals surface area contributed by atoms with Gasteiger partial charge in [0.15, 0.2) is 5.82 Å². The van der Waals surface area contributed by atoms with Gasteiger partial charge in [0.05, 0.1) is 11.4 Å². The van der Waals surface area contributed by atoms with Crippen LogP contribution in [-0.4, -0.2) is 41.1 Å². The third-order valence-corrected chi connectivity index (χ3v) is 3.23. The number of urea groups is 1. The lowest BCUT2D eigenvalue weighted by atomic mass is 10.3. The number of carbonyl (C=O) groups is 1. The molecule has 0 aliphatic carbocycles. The summed E-state index contributed by atoms with van der Waals surface area (Å²) in [6.07, 6.45) is 0. The Morgan fingerprint density at radius 1 is 1.43 bits per heavy atom. The van der Waals surface area contributed by atoms with E-state index in [9.17, 15) is 13.6 Å². The van der Waals surface area contributed by atoms with Crippen LogP contribution >= 0.6 is 11.6 Å². The predicted octanol–water partition coefficient (Wildman–Crippen LogP) is 2.32. The Labute approximate surface area is 125 Å². The second kappa shape index (κ2) is 6.26. The molecule has 2 aromatic rings. The number of halogens is 3. The second-order valence-corrected chi connectivity index (χ2v) is 4.96. The molecule has 0 atom stereocenters. The number of imidazole rings is 1. The van der Waals surface area contributed by atoms with Gasteiger partial charge in [0, 0.05) is 33.3 Å². The number of carbonyl (C=O) groups excluding carboxylic acids is 1. The van der Waals surface area contributed by atoms with Gasteiger partial charge >= 0.3 is 6.03 Å². The standard InChI is InChI=1S/C13H15ClF2N4O/c1-19(2)13(21)17-3-4-20-10-6-8(15)5-9(16)12(10)18-11(20)7-14/h5-6H,3-4,7H2,1-2H3,(H,17,21). The van der Waals surface area contributed by atoms with E-state index in [2.05, 4.69) is 10.3 Å². The first kappa shape index (κ1) is 15.5. The summed E-state index contributed by atoms with van der Waals surface area (Å²) >= 11 is 5.79. The minimum atomic E-state index is -0.729. The number of fused-ring (bicyclic) bond motifs is 1. The number of amides is 2. The molecular weight excluding hydrogens is 302 g/mol. The largest absolute Gasteiger partial charge is 0.336 e. The maximum absolute atomic E-state index is 13.7. The van der Waals surface area contributed by atoms with Gasteiger partial charge < -0.3 is 14.8 Å². The van der Waals surface area contributed by atoms with Crippen molar-refractivity contribution in [1.82, 2.24) is 19.8 Å². The van der Waals surface area contributed by atoms with Gasteiger partial charge in [-0.05, 0) is 6.07 Å². The van der Waals surface area contributed by atoms with Gasteiger partial charge in [-0.3, -0.25) is 0 Å². The van der Waals surface area contributed by atoms with E-state index in [1.807, 2.05) is 0 Å². The van der Waals surface area contributed by atoms with Gasteiger partial charge in [0.2, 0.25) is 0 Å². The lowest BCUT2D eigenvalue weighted by molar-refractivity contribution is 0.217. The number of alkyl halides is 1. The summed E-state index contributed by atoms with van der Waals surface area (Å²) in [5.74, 6) is -0.917. The van der Waals surface area contributed by atoms with E-state index in [0.717, 1.165) is 6.07 Å². The quantitative estimate of drug-likeness (QED) is 0.880. The number of hydrogen-bond acceptors (Lipinski definition) is 2. The number of hydrogen-bond donors (Lipinski definition) is 1. The van der Waals surface area contributed by atoms with Crippen LogP contribution < -0.4 is 5.32 Å². The van der Waals surface area contributed by atoms with Crippen molar-refractivity contribution >= 4 is 28.7 Å². The summed E-state index contributed by atoms with van der Waals surface area (Å²) in [7, 11) is 3.24. The molecule has 2 amide bonds. The van der Waals surface area contributed by atoms with E-state index in [1.165, 1.54) is 11.0 Å². The van der Waals surface area contributed by atoms with Gasteiger partial charge in [0.1, 0.15) is 17.2 Å². The highest BCUT2D eigenvalue weighted by atomic mass is 35.5. The molecule has 1 aromatic heterocycles. The number of aromatic nitrogens is 2. The van der Waals surface area contributed by atoms with Gasteiger partial charge in [0.25, 0.3) is 0 Å². The first-order chi connectivity index (χ1) is 9.93. The average Bonchev–Trinajstić information content (AvgIpc) is 2.77. The zero-order chi connectivity index (χ0) is 15.6. The molecule has 0 fully saturated rings. The molecule has 0 aliphatic heterocycles. The SMILES string of the molecule is CN(C)C(=O)NCCn1c(CCl)nc2c(F)cc(F)cc21. The molecular formula is C13H15ClF2N4O. The Morgan fingerprint density at radius 3 is 2.76 bits per heavy atom. The summed E-state index contributed by atoms with van der Waals surface area (Å²) in [6.45, 7) is 0.617. The smallest absolute Gasteiger partial charge is 0.316 e. The van der Waals surface area contributed by atoms with Crippen molar-refractivity contribution in [3.63, 3.8) is 0 Å². The molecule has 21 heavy (non-hydrogen) atoms. The Morgan fingerprint density at radius 2 is 2.14 bits per heavy atom. The van der Waals surface area contributed by atoms with E-state index in [0.29, 0.717) is 24.4 Å². The fourth-order valence-electron chi connectivity index (χ4n) is 1.98. The van der Waals surface area contributed by atoms with E-state index >= 15 is 0 Å². The van der Waals surface area contributed by atoms with Crippen molar-refractivity contribution in [2.75, 3.05) is 20.6 Å². The van der Waals surface area contributed by atoms with Crippen LogP contribution in [0.25, 0.3) is 11.0 Å². The van der Waals surface area contributed by atoms with Crippen LogP contribution in [-0.2, 0) is 12.4 Å². The van der Waals surface area contributed by atoms with Gasteiger partial charge in [-0.15, -0.1) is 11.6 Å². The van der Waals surface area contributed by atoms with Crippen molar-refractivity contribution in [2.45, 2.75) is 12.4 Å². The van der Waals surface area contributed by atoms with Crippen LogP contribution in [0.5, 0.6) is 0 Å². The number of nitrogens with zero attached hydrogens (tertiary/aromatic N) is 3.